The van der Waals surface area contributed by atoms with Crippen LogP contribution < -0.4 is 4.57 Å². The van der Waals surface area contributed by atoms with Gasteiger partial charge in [0, 0.05) is 6.07 Å². The van der Waals surface area contributed by atoms with Gasteiger partial charge in [-0.15, -0.1) is 0 Å². The molecule has 2 bridgehead atoms. The molecule has 0 N–H and O–H groups in total. The van der Waals surface area contributed by atoms with Crippen LogP contribution in [0.25, 0.3) is 32.8 Å². The Morgan fingerprint density at radius 3 is 2.30 bits per heavy atom. The molecule has 4 aromatic rings. The van der Waals surface area contributed by atoms with Crippen LogP contribution in [0.2, 0.25) is 0 Å². The van der Waals surface area contributed by atoms with Crippen LogP contribution in [-0.2, 0) is 7.05 Å². The van der Waals surface area contributed by atoms with Gasteiger partial charge >= 0.3 is 0 Å². The topological polar surface area (TPSA) is 3.88 Å². The molecule has 1 nitrogen and oxygen atoms in total. The number of nitrogens with zero attached hydrogens (tertiary/aromatic N) is 1. The lowest BCUT2D eigenvalue weighted by Crippen LogP contribution is -2.31. The van der Waals surface area contributed by atoms with Crippen LogP contribution in [0.15, 0.2) is 66.9 Å². The maximum atomic E-state index is 2.50. The zero-order chi connectivity index (χ0) is 20.2. The molecule has 3 aliphatic rings. The fourth-order valence-electron chi connectivity index (χ4n) is 6.35. The molecule has 0 aliphatic heterocycles. The van der Waals surface area contributed by atoms with E-state index in [1.807, 2.05) is 0 Å². The summed E-state index contributed by atoms with van der Waals surface area (Å²) >= 11 is 0. The standard InChI is InChI=1S/C29H30N/c1-19-15-22-5-3-4-6-23(22)18-27(19)29-26-12-11-24(17-25(26)13-14-30(29)2)28-16-20-7-9-21(28)10-8-20/h3-6,11-15,17-18,20-21,28H,7-10,16H2,1-2H3/q+1. The van der Waals surface area contributed by atoms with E-state index in [9.17, 15) is 0 Å². The molecule has 3 saturated carbocycles. The Morgan fingerprint density at radius 2 is 1.57 bits per heavy atom. The molecular weight excluding hydrogens is 362 g/mol. The van der Waals surface area contributed by atoms with Crippen LogP contribution in [0.4, 0.5) is 0 Å². The Balaban J connectivity index is 1.50. The van der Waals surface area contributed by atoms with Gasteiger partial charge in [0.05, 0.1) is 10.9 Å². The zero-order valence-corrected chi connectivity index (χ0v) is 18.1. The van der Waals surface area contributed by atoms with Crippen molar-refractivity contribution in [2.75, 3.05) is 0 Å². The lowest BCUT2D eigenvalue weighted by molar-refractivity contribution is -0.659. The minimum absolute atomic E-state index is 0.779. The van der Waals surface area contributed by atoms with E-state index in [1.165, 1.54) is 70.5 Å². The third-order valence-electron chi connectivity index (χ3n) is 7.98. The van der Waals surface area contributed by atoms with E-state index in [2.05, 4.69) is 85.4 Å². The van der Waals surface area contributed by atoms with Crippen molar-refractivity contribution in [2.45, 2.75) is 44.9 Å². The minimum atomic E-state index is 0.779. The summed E-state index contributed by atoms with van der Waals surface area (Å²) in [7, 11) is 2.18. The highest BCUT2D eigenvalue weighted by atomic mass is 14.9. The second-order valence-corrected chi connectivity index (χ2v) is 9.76. The number of pyridine rings is 1. The summed E-state index contributed by atoms with van der Waals surface area (Å²) < 4.78 is 2.29. The van der Waals surface area contributed by atoms with Crippen LogP contribution in [0.5, 0.6) is 0 Å². The number of hydrogen-bond acceptors (Lipinski definition) is 0. The normalized spacial score (nSPS) is 23.3. The first-order valence-electron chi connectivity index (χ1n) is 11.6. The van der Waals surface area contributed by atoms with Crippen molar-refractivity contribution < 1.29 is 4.57 Å². The molecule has 1 unspecified atom stereocenters. The molecule has 0 amide bonds. The number of benzene rings is 3. The molecule has 150 valence electrons. The van der Waals surface area contributed by atoms with E-state index >= 15 is 0 Å². The van der Waals surface area contributed by atoms with Crippen molar-refractivity contribution in [1.82, 2.24) is 0 Å². The zero-order valence-electron chi connectivity index (χ0n) is 18.1. The average molecular weight is 393 g/mol. The molecule has 0 spiro atoms. The van der Waals surface area contributed by atoms with Crippen LogP contribution in [0.1, 0.15) is 49.1 Å². The van der Waals surface area contributed by atoms with Gasteiger partial charge in [0.1, 0.15) is 7.05 Å². The Bertz CT molecular complexity index is 1260. The van der Waals surface area contributed by atoms with E-state index in [0.717, 1.165) is 17.8 Å². The summed E-state index contributed by atoms with van der Waals surface area (Å²) in [4.78, 5) is 0. The number of aryl methyl sites for hydroxylation is 2. The third kappa shape index (κ3) is 2.87. The summed E-state index contributed by atoms with van der Waals surface area (Å²) in [5.74, 6) is 2.66. The molecule has 1 atom stereocenters. The predicted molar refractivity (Wildman–Crippen MR) is 126 cm³/mol. The molecular formula is C29H30N+. The Labute approximate surface area is 179 Å². The first-order chi connectivity index (χ1) is 14.7. The quantitative estimate of drug-likeness (QED) is 0.321. The van der Waals surface area contributed by atoms with Crippen molar-refractivity contribution in [1.29, 1.82) is 0 Å². The highest BCUT2D eigenvalue weighted by Gasteiger charge is 2.36. The second kappa shape index (κ2) is 6.94. The Morgan fingerprint density at radius 1 is 0.800 bits per heavy atom. The minimum Gasteiger partial charge on any atom is -0.200 e. The van der Waals surface area contributed by atoms with Crippen LogP contribution >= 0.6 is 0 Å². The molecule has 3 aliphatic carbocycles. The summed E-state index contributed by atoms with van der Waals surface area (Å²) in [5, 5.41) is 5.37. The molecule has 0 radical (unpaired) electrons. The van der Waals surface area contributed by atoms with Gasteiger partial charge in [-0.2, -0.15) is 0 Å². The first-order valence-corrected chi connectivity index (χ1v) is 11.6. The summed E-state index contributed by atoms with van der Waals surface area (Å²) in [6.45, 7) is 2.24. The third-order valence-corrected chi connectivity index (χ3v) is 7.98. The maximum absolute atomic E-state index is 2.50. The molecule has 1 heteroatoms. The molecule has 30 heavy (non-hydrogen) atoms. The lowest BCUT2D eigenvalue weighted by atomic mass is 9.63. The molecule has 7 rings (SSSR count). The van der Waals surface area contributed by atoms with Crippen LogP contribution in [0.3, 0.4) is 0 Å². The van der Waals surface area contributed by atoms with Gasteiger partial charge in [0.25, 0.3) is 0 Å². The largest absolute Gasteiger partial charge is 0.220 e. The van der Waals surface area contributed by atoms with Gasteiger partial charge < -0.3 is 0 Å². The smallest absolute Gasteiger partial charge is 0.200 e. The summed E-state index contributed by atoms with van der Waals surface area (Å²) in [6.07, 6.45) is 9.47. The highest BCUT2D eigenvalue weighted by molar-refractivity contribution is 5.97. The molecule has 1 aromatic heterocycles. The van der Waals surface area contributed by atoms with Gasteiger partial charge in [-0.25, -0.2) is 4.57 Å². The van der Waals surface area contributed by atoms with E-state index in [0.29, 0.717) is 0 Å². The number of fused-ring (bicyclic) bond motifs is 5. The molecule has 3 aromatic carbocycles. The lowest BCUT2D eigenvalue weighted by Gasteiger charge is -2.42. The van der Waals surface area contributed by atoms with E-state index in [1.54, 1.807) is 5.56 Å². The van der Waals surface area contributed by atoms with Crippen molar-refractivity contribution in [2.24, 2.45) is 18.9 Å². The molecule has 3 fully saturated rings. The first kappa shape index (κ1) is 18.1. The Kier molecular flexibility index (Phi) is 4.19. The van der Waals surface area contributed by atoms with Gasteiger partial charge in [-0.3, -0.25) is 0 Å². The Hall–Kier alpha value is -2.67. The van der Waals surface area contributed by atoms with Gasteiger partial charge in [-0.05, 0) is 83.4 Å². The molecule has 1 heterocycles. The van der Waals surface area contributed by atoms with Gasteiger partial charge in [-0.1, -0.05) is 55.3 Å². The van der Waals surface area contributed by atoms with Gasteiger partial charge in [0.15, 0.2) is 6.20 Å². The van der Waals surface area contributed by atoms with Crippen molar-refractivity contribution in [3.63, 3.8) is 0 Å². The number of rotatable bonds is 2. The molecule has 0 saturated heterocycles. The SMILES string of the molecule is Cc1cc2ccccc2cc1-c1c2ccc(C3CC4CCC3CC4)cc2cc[n+]1C. The second-order valence-electron chi connectivity index (χ2n) is 9.76. The fourth-order valence-corrected chi connectivity index (χ4v) is 6.35. The van der Waals surface area contributed by atoms with Gasteiger partial charge in [0.2, 0.25) is 5.69 Å². The van der Waals surface area contributed by atoms with Crippen molar-refractivity contribution in [3.05, 3.63) is 78.0 Å². The van der Waals surface area contributed by atoms with Crippen LogP contribution in [0, 0.1) is 18.8 Å². The summed E-state index contributed by atoms with van der Waals surface area (Å²) in [5.41, 5.74) is 5.58. The van der Waals surface area contributed by atoms with E-state index < -0.39 is 0 Å². The monoisotopic (exact) mass is 392 g/mol. The van der Waals surface area contributed by atoms with E-state index in [-0.39, 0.29) is 0 Å². The van der Waals surface area contributed by atoms with Crippen LogP contribution in [-0.4, -0.2) is 0 Å². The highest BCUT2D eigenvalue weighted by Crippen LogP contribution is 2.50. The summed E-state index contributed by atoms with van der Waals surface area (Å²) in [6, 6.07) is 23.0. The van der Waals surface area contributed by atoms with Crippen molar-refractivity contribution >= 4 is 21.5 Å². The average Bonchev–Trinajstić information content (AvgIpc) is 2.79. The fraction of sp³-hybridized carbons (Fsp3) is 0.345. The van der Waals surface area contributed by atoms with E-state index in [4.69, 9.17) is 0 Å². The number of aromatic nitrogens is 1. The predicted octanol–water partition coefficient (Wildman–Crippen LogP) is 7.09. The van der Waals surface area contributed by atoms with Crippen molar-refractivity contribution in [3.8, 4) is 11.3 Å². The maximum Gasteiger partial charge on any atom is 0.220 e. The number of hydrogen-bond donors (Lipinski definition) is 0.